The Morgan fingerprint density at radius 2 is 2.21 bits per heavy atom. The molecule has 1 aromatic heterocycles. The number of hydrogen-bond acceptors (Lipinski definition) is 5. The van der Waals surface area contributed by atoms with Crippen molar-refractivity contribution in [1.82, 2.24) is 4.98 Å². The average molecular weight is 260 g/mol. The minimum absolute atomic E-state index is 0.143. The van der Waals surface area contributed by atoms with Crippen LogP contribution in [0.3, 0.4) is 0 Å². The van der Waals surface area contributed by atoms with Gasteiger partial charge < -0.3 is 5.32 Å². The van der Waals surface area contributed by atoms with Gasteiger partial charge in [0.1, 0.15) is 11.9 Å². The number of hydrogen-bond donors (Lipinski definition) is 1. The molecule has 1 aliphatic rings. The molecule has 1 aromatic rings. The molecule has 0 bridgehead atoms. The predicted molar refractivity (Wildman–Crippen MR) is 70.7 cm³/mol. The number of anilines is 1. The third-order valence-corrected chi connectivity index (χ3v) is 3.51. The van der Waals surface area contributed by atoms with E-state index in [4.69, 9.17) is 5.26 Å². The monoisotopic (exact) mass is 260 g/mol. The molecule has 6 nitrogen and oxygen atoms in total. The highest BCUT2D eigenvalue weighted by molar-refractivity contribution is 5.50. The smallest absolute Gasteiger partial charge is 0.305 e. The molecule has 1 heterocycles. The normalized spacial score (nSPS) is 15.1. The summed E-state index contributed by atoms with van der Waals surface area (Å²) >= 11 is 0. The van der Waals surface area contributed by atoms with Crippen molar-refractivity contribution in [2.24, 2.45) is 5.92 Å². The van der Waals surface area contributed by atoms with Gasteiger partial charge >= 0.3 is 5.69 Å². The lowest BCUT2D eigenvalue weighted by atomic mass is 10.0. The number of rotatable bonds is 5. The maximum Gasteiger partial charge on any atom is 0.305 e. The summed E-state index contributed by atoms with van der Waals surface area (Å²) in [6.45, 7) is 0.792. The van der Waals surface area contributed by atoms with E-state index in [1.54, 1.807) is 12.1 Å². The molecular weight excluding hydrogens is 244 g/mol. The largest absolute Gasteiger partial charge is 0.370 e. The standard InChI is InChI=1S/C13H16N4O2/c14-9-11-12(17(18)19)5-6-13(16-11)15-8-7-10-3-1-2-4-10/h5-6,10H,1-4,7-8H2,(H,15,16). The summed E-state index contributed by atoms with van der Waals surface area (Å²) in [4.78, 5) is 14.0. The van der Waals surface area contributed by atoms with Gasteiger partial charge in [0.25, 0.3) is 0 Å². The van der Waals surface area contributed by atoms with Crippen LogP contribution < -0.4 is 5.32 Å². The second kappa shape index (κ2) is 6.14. The van der Waals surface area contributed by atoms with Crippen LogP contribution in [-0.4, -0.2) is 16.5 Å². The first kappa shape index (κ1) is 13.3. The third kappa shape index (κ3) is 3.41. The lowest BCUT2D eigenvalue weighted by Gasteiger charge is -2.10. The number of pyridine rings is 1. The van der Waals surface area contributed by atoms with Crippen LogP contribution in [0.15, 0.2) is 12.1 Å². The molecule has 0 radical (unpaired) electrons. The van der Waals surface area contributed by atoms with Crippen LogP contribution >= 0.6 is 0 Å². The molecule has 1 saturated carbocycles. The van der Waals surface area contributed by atoms with E-state index in [0.717, 1.165) is 18.9 Å². The van der Waals surface area contributed by atoms with Crippen molar-refractivity contribution < 1.29 is 4.92 Å². The quantitative estimate of drug-likeness (QED) is 0.649. The van der Waals surface area contributed by atoms with Crippen molar-refractivity contribution in [3.8, 4) is 6.07 Å². The van der Waals surface area contributed by atoms with E-state index in [2.05, 4.69) is 10.3 Å². The van der Waals surface area contributed by atoms with Crippen LogP contribution in [0, 0.1) is 27.4 Å². The van der Waals surface area contributed by atoms with E-state index in [1.165, 1.54) is 31.7 Å². The zero-order chi connectivity index (χ0) is 13.7. The lowest BCUT2D eigenvalue weighted by Crippen LogP contribution is -2.08. The molecule has 0 amide bonds. The molecule has 0 saturated heterocycles. The molecule has 0 atom stereocenters. The van der Waals surface area contributed by atoms with E-state index < -0.39 is 4.92 Å². The fraction of sp³-hybridized carbons (Fsp3) is 0.538. The first-order valence-corrected chi connectivity index (χ1v) is 6.50. The lowest BCUT2D eigenvalue weighted by molar-refractivity contribution is -0.385. The van der Waals surface area contributed by atoms with Gasteiger partial charge in [-0.2, -0.15) is 5.26 Å². The summed E-state index contributed by atoms with van der Waals surface area (Å²) in [5.41, 5.74) is -0.389. The molecule has 0 unspecified atom stereocenters. The molecule has 19 heavy (non-hydrogen) atoms. The van der Waals surface area contributed by atoms with E-state index in [0.29, 0.717) is 5.82 Å². The molecule has 6 heteroatoms. The molecular formula is C13H16N4O2. The molecule has 1 aliphatic carbocycles. The highest BCUT2D eigenvalue weighted by Gasteiger charge is 2.16. The topological polar surface area (TPSA) is 91.8 Å². The van der Waals surface area contributed by atoms with Gasteiger partial charge in [-0.3, -0.25) is 10.1 Å². The summed E-state index contributed by atoms with van der Waals surface area (Å²) in [6, 6.07) is 4.63. The number of nitro groups is 1. The van der Waals surface area contributed by atoms with Crippen molar-refractivity contribution in [3.05, 3.63) is 27.9 Å². The van der Waals surface area contributed by atoms with Gasteiger partial charge in [-0.05, 0) is 18.4 Å². The summed E-state index contributed by atoms with van der Waals surface area (Å²) < 4.78 is 0. The van der Waals surface area contributed by atoms with Crippen LogP contribution in [-0.2, 0) is 0 Å². The Morgan fingerprint density at radius 1 is 1.47 bits per heavy atom. The number of nitriles is 1. The van der Waals surface area contributed by atoms with Gasteiger partial charge in [0.2, 0.25) is 5.69 Å². The number of nitrogens with one attached hydrogen (secondary N) is 1. The first-order chi connectivity index (χ1) is 9.20. The van der Waals surface area contributed by atoms with Crippen molar-refractivity contribution in [2.75, 3.05) is 11.9 Å². The van der Waals surface area contributed by atoms with Crippen LogP contribution in [0.5, 0.6) is 0 Å². The van der Waals surface area contributed by atoms with Crippen LogP contribution in [0.1, 0.15) is 37.8 Å². The highest BCUT2D eigenvalue weighted by atomic mass is 16.6. The van der Waals surface area contributed by atoms with Gasteiger partial charge in [-0.25, -0.2) is 4.98 Å². The molecule has 1 N–H and O–H groups in total. The predicted octanol–water partition coefficient (Wildman–Crippen LogP) is 2.85. The zero-order valence-corrected chi connectivity index (χ0v) is 10.6. The minimum Gasteiger partial charge on any atom is -0.370 e. The zero-order valence-electron chi connectivity index (χ0n) is 10.6. The van der Waals surface area contributed by atoms with Gasteiger partial charge in [-0.1, -0.05) is 25.7 Å². The Balaban J connectivity index is 1.93. The maximum atomic E-state index is 10.7. The summed E-state index contributed by atoms with van der Waals surface area (Å²) in [5, 5.41) is 22.6. The van der Waals surface area contributed by atoms with Gasteiger partial charge in [0.15, 0.2) is 0 Å². The minimum atomic E-state index is -0.589. The fourth-order valence-corrected chi connectivity index (χ4v) is 2.48. The summed E-state index contributed by atoms with van der Waals surface area (Å²) in [7, 11) is 0. The van der Waals surface area contributed by atoms with Gasteiger partial charge in [0.05, 0.1) is 4.92 Å². The third-order valence-electron chi connectivity index (χ3n) is 3.51. The van der Waals surface area contributed by atoms with E-state index in [9.17, 15) is 10.1 Å². The van der Waals surface area contributed by atoms with Crippen LogP contribution in [0.4, 0.5) is 11.5 Å². The fourth-order valence-electron chi connectivity index (χ4n) is 2.48. The second-order valence-electron chi connectivity index (χ2n) is 4.80. The van der Waals surface area contributed by atoms with Gasteiger partial charge in [-0.15, -0.1) is 0 Å². The van der Waals surface area contributed by atoms with Crippen molar-refractivity contribution in [1.29, 1.82) is 5.26 Å². The molecule has 0 aromatic carbocycles. The Morgan fingerprint density at radius 3 is 2.84 bits per heavy atom. The van der Waals surface area contributed by atoms with Crippen molar-refractivity contribution in [3.63, 3.8) is 0 Å². The van der Waals surface area contributed by atoms with Crippen molar-refractivity contribution in [2.45, 2.75) is 32.1 Å². The average Bonchev–Trinajstić information content (AvgIpc) is 2.91. The Bertz CT molecular complexity index is 504. The second-order valence-corrected chi connectivity index (χ2v) is 4.80. The van der Waals surface area contributed by atoms with Crippen LogP contribution in [0.25, 0.3) is 0 Å². The van der Waals surface area contributed by atoms with E-state index >= 15 is 0 Å². The van der Waals surface area contributed by atoms with Crippen molar-refractivity contribution >= 4 is 11.5 Å². The Hall–Kier alpha value is -2.16. The Labute approximate surface area is 111 Å². The number of aromatic nitrogens is 1. The molecule has 0 aliphatic heterocycles. The Kier molecular flexibility index (Phi) is 4.29. The summed E-state index contributed by atoms with van der Waals surface area (Å²) in [6.07, 6.45) is 6.30. The molecule has 1 fully saturated rings. The van der Waals surface area contributed by atoms with E-state index in [-0.39, 0.29) is 11.4 Å². The van der Waals surface area contributed by atoms with Crippen LogP contribution in [0.2, 0.25) is 0 Å². The molecule has 100 valence electrons. The highest BCUT2D eigenvalue weighted by Crippen LogP contribution is 2.27. The molecule has 0 spiro atoms. The summed E-state index contributed by atoms with van der Waals surface area (Å²) in [5.74, 6) is 1.31. The number of nitrogens with zero attached hydrogens (tertiary/aromatic N) is 3. The maximum absolute atomic E-state index is 10.7. The van der Waals surface area contributed by atoms with E-state index in [1.807, 2.05) is 0 Å². The van der Waals surface area contributed by atoms with Gasteiger partial charge in [0, 0.05) is 12.6 Å². The molecule has 2 rings (SSSR count). The first-order valence-electron chi connectivity index (χ1n) is 6.50. The SMILES string of the molecule is N#Cc1nc(NCCC2CCCC2)ccc1[N+](=O)[O-].